The average molecular weight is 254 g/mol. The third kappa shape index (κ3) is 5.11. The van der Waals surface area contributed by atoms with E-state index in [9.17, 15) is 10.0 Å². The Balaban J connectivity index is 2.34. The Labute approximate surface area is 105 Å². The van der Waals surface area contributed by atoms with Crippen molar-refractivity contribution in [1.29, 1.82) is 0 Å². The molecule has 0 saturated carbocycles. The van der Waals surface area contributed by atoms with Crippen LogP contribution in [0, 0.1) is 4.91 Å². The van der Waals surface area contributed by atoms with Crippen molar-refractivity contribution >= 4 is 5.95 Å². The van der Waals surface area contributed by atoms with Gasteiger partial charge in [0.2, 0.25) is 5.95 Å². The standard InChI is InChI=1S/C10H18N6O2/c1-16(2)10-13-7-12-8(15-10)3-5-11-9(17)4-6-14-18/h7,9,11,17H,3-6H2,1-2H3. The second kappa shape index (κ2) is 7.62. The predicted octanol–water partition coefficient (Wildman–Crippen LogP) is -0.455. The van der Waals surface area contributed by atoms with Gasteiger partial charge in [-0.05, 0) is 0 Å². The molecule has 0 saturated heterocycles. The maximum absolute atomic E-state index is 9.89. The fraction of sp³-hybridized carbons (Fsp3) is 0.700. The highest BCUT2D eigenvalue weighted by molar-refractivity contribution is 5.24. The SMILES string of the molecule is CN(C)c1ncnc(CCNC(O)CCN=O)n1. The molecule has 0 fully saturated rings. The number of rotatable bonds is 8. The van der Waals surface area contributed by atoms with Crippen LogP contribution in [0.1, 0.15) is 12.2 Å². The molecule has 0 aromatic carbocycles. The summed E-state index contributed by atoms with van der Waals surface area (Å²) in [5.74, 6) is 1.26. The Morgan fingerprint density at radius 1 is 1.50 bits per heavy atom. The molecular formula is C10H18N6O2. The zero-order chi connectivity index (χ0) is 13.4. The van der Waals surface area contributed by atoms with E-state index in [1.54, 1.807) is 4.90 Å². The van der Waals surface area contributed by atoms with E-state index < -0.39 is 6.23 Å². The summed E-state index contributed by atoms with van der Waals surface area (Å²) in [6.07, 6.45) is 1.63. The molecule has 0 aliphatic heterocycles. The second-order valence-corrected chi connectivity index (χ2v) is 3.96. The molecular weight excluding hydrogens is 236 g/mol. The van der Waals surface area contributed by atoms with Crippen LogP contribution >= 0.6 is 0 Å². The van der Waals surface area contributed by atoms with E-state index in [0.29, 0.717) is 31.2 Å². The second-order valence-electron chi connectivity index (χ2n) is 3.96. The van der Waals surface area contributed by atoms with Crippen LogP contribution in [-0.2, 0) is 6.42 Å². The van der Waals surface area contributed by atoms with E-state index in [4.69, 9.17) is 0 Å². The first kappa shape index (κ1) is 14.4. The number of hydrogen-bond donors (Lipinski definition) is 2. The van der Waals surface area contributed by atoms with Crippen molar-refractivity contribution in [3.05, 3.63) is 17.1 Å². The van der Waals surface area contributed by atoms with Crippen molar-refractivity contribution in [3.63, 3.8) is 0 Å². The van der Waals surface area contributed by atoms with Crippen molar-refractivity contribution in [1.82, 2.24) is 20.3 Å². The summed E-state index contributed by atoms with van der Waals surface area (Å²) in [5.41, 5.74) is 0. The summed E-state index contributed by atoms with van der Waals surface area (Å²) in [4.78, 5) is 24.0. The van der Waals surface area contributed by atoms with Gasteiger partial charge in [-0.1, -0.05) is 5.18 Å². The van der Waals surface area contributed by atoms with Gasteiger partial charge in [-0.15, -0.1) is 0 Å². The number of aliphatic hydroxyl groups excluding tert-OH is 1. The molecule has 0 aliphatic carbocycles. The highest BCUT2D eigenvalue weighted by atomic mass is 16.3. The third-order valence-corrected chi connectivity index (χ3v) is 2.23. The molecule has 1 atom stereocenters. The Morgan fingerprint density at radius 2 is 2.28 bits per heavy atom. The van der Waals surface area contributed by atoms with Crippen LogP contribution in [0.15, 0.2) is 11.5 Å². The zero-order valence-electron chi connectivity index (χ0n) is 10.6. The molecule has 0 spiro atoms. The minimum absolute atomic E-state index is 0.102. The van der Waals surface area contributed by atoms with Crippen molar-refractivity contribution in [2.75, 3.05) is 32.1 Å². The third-order valence-electron chi connectivity index (χ3n) is 2.23. The summed E-state index contributed by atoms with van der Waals surface area (Å²) >= 11 is 0. The molecule has 1 rings (SSSR count). The first-order chi connectivity index (χ1) is 8.63. The van der Waals surface area contributed by atoms with E-state index in [-0.39, 0.29) is 6.54 Å². The quantitative estimate of drug-likeness (QED) is 0.478. The lowest BCUT2D eigenvalue weighted by atomic mass is 10.3. The molecule has 1 aromatic rings. The van der Waals surface area contributed by atoms with Gasteiger partial charge in [0.05, 0.1) is 6.54 Å². The van der Waals surface area contributed by atoms with Crippen LogP contribution in [0.4, 0.5) is 5.95 Å². The molecule has 2 N–H and O–H groups in total. The molecule has 1 heterocycles. The highest BCUT2D eigenvalue weighted by Gasteiger charge is 2.05. The smallest absolute Gasteiger partial charge is 0.228 e. The van der Waals surface area contributed by atoms with Crippen molar-refractivity contribution < 1.29 is 5.11 Å². The van der Waals surface area contributed by atoms with E-state index in [1.165, 1.54) is 6.33 Å². The number of nitroso groups, excluding NO2 is 1. The topological polar surface area (TPSA) is 104 Å². The monoisotopic (exact) mass is 254 g/mol. The van der Waals surface area contributed by atoms with Crippen LogP contribution < -0.4 is 10.2 Å². The van der Waals surface area contributed by atoms with Gasteiger partial charge >= 0.3 is 0 Å². The number of aromatic nitrogens is 3. The van der Waals surface area contributed by atoms with Crippen LogP contribution in [-0.4, -0.2) is 53.5 Å². The number of hydrogen-bond acceptors (Lipinski definition) is 8. The van der Waals surface area contributed by atoms with Gasteiger partial charge < -0.3 is 10.0 Å². The number of anilines is 1. The molecule has 0 amide bonds. The Bertz CT molecular complexity index is 373. The van der Waals surface area contributed by atoms with Gasteiger partial charge in [0.1, 0.15) is 18.4 Å². The average Bonchev–Trinajstić information content (AvgIpc) is 2.36. The summed E-state index contributed by atoms with van der Waals surface area (Å²) in [7, 11) is 3.71. The van der Waals surface area contributed by atoms with Gasteiger partial charge in [0.15, 0.2) is 0 Å². The number of nitrogens with one attached hydrogen (secondary N) is 1. The van der Waals surface area contributed by atoms with Crippen LogP contribution in [0.2, 0.25) is 0 Å². The molecule has 8 heteroatoms. The van der Waals surface area contributed by atoms with E-state index in [2.05, 4.69) is 25.4 Å². The van der Waals surface area contributed by atoms with Crippen molar-refractivity contribution in [2.45, 2.75) is 19.1 Å². The minimum Gasteiger partial charge on any atom is -0.379 e. The van der Waals surface area contributed by atoms with Gasteiger partial charge in [0, 0.05) is 33.5 Å². The number of nitrogens with zero attached hydrogens (tertiary/aromatic N) is 5. The van der Waals surface area contributed by atoms with Crippen LogP contribution in [0.5, 0.6) is 0 Å². The van der Waals surface area contributed by atoms with Gasteiger partial charge in [0.25, 0.3) is 0 Å². The van der Waals surface area contributed by atoms with E-state index in [0.717, 1.165) is 0 Å². The lowest BCUT2D eigenvalue weighted by Gasteiger charge is -2.12. The molecule has 0 aliphatic rings. The van der Waals surface area contributed by atoms with Crippen LogP contribution in [0.25, 0.3) is 0 Å². The minimum atomic E-state index is -0.724. The largest absolute Gasteiger partial charge is 0.379 e. The Hall–Kier alpha value is -1.67. The summed E-state index contributed by atoms with van der Waals surface area (Å²) in [5, 5.41) is 15.0. The molecule has 0 bridgehead atoms. The first-order valence-electron chi connectivity index (χ1n) is 5.69. The normalized spacial score (nSPS) is 12.2. The molecule has 0 radical (unpaired) electrons. The first-order valence-corrected chi connectivity index (χ1v) is 5.69. The maximum atomic E-state index is 9.89. The van der Waals surface area contributed by atoms with Gasteiger partial charge in [-0.2, -0.15) is 9.89 Å². The number of aliphatic hydroxyl groups is 1. The molecule has 8 nitrogen and oxygen atoms in total. The molecule has 1 aromatic heterocycles. The summed E-state index contributed by atoms with van der Waals surface area (Å²) in [6.45, 7) is 0.627. The Morgan fingerprint density at radius 3 is 2.94 bits per heavy atom. The van der Waals surface area contributed by atoms with E-state index >= 15 is 0 Å². The van der Waals surface area contributed by atoms with Gasteiger partial charge in [-0.25, -0.2) is 9.97 Å². The maximum Gasteiger partial charge on any atom is 0.228 e. The molecule has 1 unspecified atom stereocenters. The lowest BCUT2D eigenvalue weighted by Crippen LogP contribution is -2.31. The fourth-order valence-corrected chi connectivity index (χ4v) is 1.28. The zero-order valence-corrected chi connectivity index (χ0v) is 10.6. The predicted molar refractivity (Wildman–Crippen MR) is 67.1 cm³/mol. The molecule has 100 valence electrons. The van der Waals surface area contributed by atoms with Crippen LogP contribution in [0.3, 0.4) is 0 Å². The molecule has 18 heavy (non-hydrogen) atoms. The van der Waals surface area contributed by atoms with Crippen molar-refractivity contribution in [2.24, 2.45) is 5.18 Å². The van der Waals surface area contributed by atoms with E-state index in [1.807, 2.05) is 14.1 Å². The highest BCUT2D eigenvalue weighted by Crippen LogP contribution is 2.01. The fourth-order valence-electron chi connectivity index (χ4n) is 1.28. The van der Waals surface area contributed by atoms with Gasteiger partial charge in [-0.3, -0.25) is 5.32 Å². The summed E-state index contributed by atoms with van der Waals surface area (Å²) in [6, 6.07) is 0. The summed E-state index contributed by atoms with van der Waals surface area (Å²) < 4.78 is 0. The van der Waals surface area contributed by atoms with Crippen molar-refractivity contribution in [3.8, 4) is 0 Å². The lowest BCUT2D eigenvalue weighted by molar-refractivity contribution is 0.131. The Kier molecular flexibility index (Phi) is 6.09.